The van der Waals surface area contributed by atoms with Gasteiger partial charge >= 0.3 is 0 Å². The molecule has 0 amide bonds. The molecule has 1 aliphatic rings. The van der Waals surface area contributed by atoms with Crippen LogP contribution in [0, 0.1) is 11.7 Å². The van der Waals surface area contributed by atoms with Crippen LogP contribution < -0.4 is 9.62 Å². The summed E-state index contributed by atoms with van der Waals surface area (Å²) in [5.41, 5.74) is 0.409. The highest BCUT2D eigenvalue weighted by molar-refractivity contribution is 7.89. The maximum absolute atomic E-state index is 13.6. The molecule has 0 aliphatic carbocycles. The van der Waals surface area contributed by atoms with Crippen molar-refractivity contribution in [3.05, 3.63) is 24.0 Å². The van der Waals surface area contributed by atoms with Crippen LogP contribution in [0.5, 0.6) is 0 Å². The molecule has 3 atom stereocenters. The molecule has 1 saturated heterocycles. The number of anilines is 1. The number of benzene rings is 1. The van der Waals surface area contributed by atoms with Crippen molar-refractivity contribution in [2.24, 2.45) is 5.92 Å². The second-order valence-electron chi connectivity index (χ2n) is 6.05. The molecule has 1 fully saturated rings. The zero-order chi connectivity index (χ0) is 17.2. The smallest absolute Gasteiger partial charge is 0.243 e. The molecule has 1 aliphatic heterocycles. The van der Waals surface area contributed by atoms with Crippen molar-refractivity contribution in [3.63, 3.8) is 0 Å². The molecule has 1 aromatic rings. The fourth-order valence-corrected chi connectivity index (χ4v) is 4.20. The van der Waals surface area contributed by atoms with Crippen molar-refractivity contribution >= 4 is 15.7 Å². The molecule has 130 valence electrons. The molecule has 8 heteroatoms. The van der Waals surface area contributed by atoms with E-state index in [0.717, 1.165) is 12.5 Å². The highest BCUT2D eigenvalue weighted by Gasteiger charge is 2.30. The number of nitrogens with one attached hydrogen (secondary N) is 1. The molecular weight excluding hydrogens is 323 g/mol. The van der Waals surface area contributed by atoms with E-state index >= 15 is 0 Å². The third-order valence-electron chi connectivity index (χ3n) is 4.09. The molecule has 1 heterocycles. The van der Waals surface area contributed by atoms with Gasteiger partial charge in [0.1, 0.15) is 10.7 Å². The van der Waals surface area contributed by atoms with Crippen molar-refractivity contribution in [1.29, 1.82) is 0 Å². The first-order valence-electron chi connectivity index (χ1n) is 7.60. The van der Waals surface area contributed by atoms with Gasteiger partial charge in [-0.25, -0.2) is 17.5 Å². The Labute approximate surface area is 136 Å². The second-order valence-corrected chi connectivity index (χ2v) is 7.73. The van der Waals surface area contributed by atoms with Crippen LogP contribution in [0.25, 0.3) is 0 Å². The minimum absolute atomic E-state index is 0.0555. The Morgan fingerprint density at radius 2 is 2.13 bits per heavy atom. The standard InChI is InChI=1S/C15H23FN2O4S/c1-10(9-19)17-23(21,22)15-7-13(16)3-4-14(15)18-6-5-12(8-18)11(2)20/h3-4,7,10-12,17,19-20H,5-6,8-9H2,1-2H3/t10-,11?,12?/m0/s1. The van der Waals surface area contributed by atoms with Crippen molar-refractivity contribution in [2.45, 2.75) is 37.3 Å². The number of aliphatic hydroxyl groups excluding tert-OH is 2. The van der Waals surface area contributed by atoms with Gasteiger partial charge in [0.15, 0.2) is 0 Å². The number of aliphatic hydroxyl groups is 2. The quantitative estimate of drug-likeness (QED) is 0.705. The maximum atomic E-state index is 13.6. The topological polar surface area (TPSA) is 89.9 Å². The Morgan fingerprint density at radius 3 is 2.70 bits per heavy atom. The molecule has 0 bridgehead atoms. The fourth-order valence-electron chi connectivity index (χ4n) is 2.73. The lowest BCUT2D eigenvalue weighted by Crippen LogP contribution is -2.36. The van der Waals surface area contributed by atoms with Crippen molar-refractivity contribution in [1.82, 2.24) is 4.72 Å². The Bertz CT molecular complexity index is 651. The summed E-state index contributed by atoms with van der Waals surface area (Å²) in [6.07, 6.45) is 0.266. The van der Waals surface area contributed by atoms with Gasteiger partial charge in [0, 0.05) is 25.0 Å². The van der Waals surface area contributed by atoms with Crippen LogP contribution in [0.1, 0.15) is 20.3 Å². The molecule has 0 aromatic heterocycles. The zero-order valence-electron chi connectivity index (χ0n) is 13.2. The summed E-state index contributed by atoms with van der Waals surface area (Å²) in [5.74, 6) is -0.586. The van der Waals surface area contributed by atoms with Gasteiger partial charge < -0.3 is 15.1 Å². The van der Waals surface area contributed by atoms with Crippen LogP contribution in [0.15, 0.2) is 23.1 Å². The molecule has 23 heavy (non-hydrogen) atoms. The van der Waals surface area contributed by atoms with E-state index in [0.29, 0.717) is 18.8 Å². The van der Waals surface area contributed by atoms with Crippen molar-refractivity contribution in [2.75, 3.05) is 24.6 Å². The maximum Gasteiger partial charge on any atom is 0.243 e. The minimum Gasteiger partial charge on any atom is -0.395 e. The molecule has 2 rings (SSSR count). The highest BCUT2D eigenvalue weighted by atomic mass is 32.2. The van der Waals surface area contributed by atoms with E-state index < -0.39 is 28.0 Å². The molecule has 0 radical (unpaired) electrons. The average Bonchev–Trinajstić information content (AvgIpc) is 2.96. The summed E-state index contributed by atoms with van der Waals surface area (Å²) >= 11 is 0. The van der Waals surface area contributed by atoms with E-state index in [2.05, 4.69) is 4.72 Å². The number of hydrogen-bond donors (Lipinski definition) is 3. The normalized spacial score (nSPS) is 21.4. The summed E-state index contributed by atoms with van der Waals surface area (Å²) in [5, 5.41) is 18.7. The summed E-state index contributed by atoms with van der Waals surface area (Å²) in [6, 6.07) is 2.98. The summed E-state index contributed by atoms with van der Waals surface area (Å²) in [6.45, 7) is 4.00. The second kappa shape index (κ2) is 7.12. The number of nitrogens with zero attached hydrogens (tertiary/aromatic N) is 1. The Morgan fingerprint density at radius 1 is 1.43 bits per heavy atom. The van der Waals surface area contributed by atoms with Crippen LogP contribution in [0.3, 0.4) is 0 Å². The van der Waals surface area contributed by atoms with Gasteiger partial charge in [-0.05, 0) is 38.5 Å². The van der Waals surface area contributed by atoms with Gasteiger partial charge in [0.2, 0.25) is 10.0 Å². The van der Waals surface area contributed by atoms with E-state index in [1.807, 2.05) is 4.90 Å². The molecule has 0 spiro atoms. The first-order chi connectivity index (χ1) is 10.7. The number of sulfonamides is 1. The van der Waals surface area contributed by atoms with Gasteiger partial charge in [-0.1, -0.05) is 0 Å². The van der Waals surface area contributed by atoms with Gasteiger partial charge in [-0.15, -0.1) is 0 Å². The molecule has 3 N–H and O–H groups in total. The number of halogens is 1. The SMILES string of the molecule is CC(O)C1CCN(c2ccc(F)cc2S(=O)(=O)N[C@@H](C)CO)C1. The number of hydrogen-bond acceptors (Lipinski definition) is 5. The van der Waals surface area contributed by atoms with Crippen LogP contribution in [0.4, 0.5) is 10.1 Å². The minimum atomic E-state index is -3.95. The Balaban J connectivity index is 2.35. The molecule has 2 unspecified atom stereocenters. The fraction of sp³-hybridized carbons (Fsp3) is 0.600. The molecule has 0 saturated carbocycles. The monoisotopic (exact) mass is 346 g/mol. The van der Waals surface area contributed by atoms with Crippen LogP contribution in [-0.2, 0) is 10.0 Å². The first kappa shape index (κ1) is 18.1. The lowest BCUT2D eigenvalue weighted by Gasteiger charge is -2.23. The summed E-state index contributed by atoms with van der Waals surface area (Å²) < 4.78 is 40.9. The van der Waals surface area contributed by atoms with E-state index in [1.54, 1.807) is 6.92 Å². The largest absolute Gasteiger partial charge is 0.395 e. The third kappa shape index (κ3) is 4.20. The van der Waals surface area contributed by atoms with Crippen molar-refractivity contribution < 1.29 is 23.0 Å². The molecular formula is C15H23FN2O4S. The van der Waals surface area contributed by atoms with E-state index in [4.69, 9.17) is 5.11 Å². The van der Waals surface area contributed by atoms with Crippen molar-refractivity contribution in [3.8, 4) is 0 Å². The van der Waals surface area contributed by atoms with Gasteiger partial charge in [0.05, 0.1) is 18.4 Å². The summed E-state index contributed by atoms with van der Waals surface area (Å²) in [4.78, 5) is 1.69. The molecule has 1 aromatic carbocycles. The Kier molecular flexibility index (Phi) is 5.61. The zero-order valence-corrected chi connectivity index (χ0v) is 14.1. The van der Waals surface area contributed by atoms with E-state index in [1.165, 1.54) is 19.1 Å². The first-order valence-corrected chi connectivity index (χ1v) is 9.08. The predicted molar refractivity (Wildman–Crippen MR) is 85.3 cm³/mol. The number of rotatable bonds is 6. The van der Waals surface area contributed by atoms with Gasteiger partial charge in [0.25, 0.3) is 0 Å². The van der Waals surface area contributed by atoms with Crippen LogP contribution in [0.2, 0.25) is 0 Å². The lowest BCUT2D eigenvalue weighted by atomic mass is 10.0. The van der Waals surface area contributed by atoms with Crippen LogP contribution in [-0.4, -0.2) is 50.5 Å². The van der Waals surface area contributed by atoms with E-state index in [9.17, 15) is 17.9 Å². The molecule has 6 nitrogen and oxygen atoms in total. The predicted octanol–water partition coefficient (Wildman–Crippen LogP) is 0.692. The van der Waals surface area contributed by atoms with Crippen LogP contribution >= 0.6 is 0 Å². The Hall–Kier alpha value is -1.22. The lowest BCUT2D eigenvalue weighted by molar-refractivity contribution is 0.136. The average molecular weight is 346 g/mol. The summed E-state index contributed by atoms with van der Waals surface area (Å²) in [7, 11) is -3.95. The van der Waals surface area contributed by atoms with Gasteiger partial charge in [-0.2, -0.15) is 0 Å². The van der Waals surface area contributed by atoms with Gasteiger partial charge in [-0.3, -0.25) is 0 Å². The third-order valence-corrected chi connectivity index (χ3v) is 5.71. The highest BCUT2D eigenvalue weighted by Crippen LogP contribution is 2.31. The van der Waals surface area contributed by atoms with E-state index in [-0.39, 0.29) is 17.4 Å².